The molecule has 0 aliphatic carbocycles. The molecule has 0 bridgehead atoms. The van der Waals surface area contributed by atoms with Gasteiger partial charge in [0.15, 0.2) is 0 Å². The number of carbonyl (C=O) groups is 2. The number of ether oxygens (including phenoxy) is 6. The summed E-state index contributed by atoms with van der Waals surface area (Å²) in [5.41, 5.74) is 0. The van der Waals surface area contributed by atoms with Crippen LogP contribution in [0.4, 0.5) is 0 Å². The molecule has 0 N–H and O–H groups in total. The molecule has 3 aliphatic heterocycles. The molecule has 0 aromatic rings. The maximum absolute atomic E-state index is 12.3. The Hall–Kier alpha value is -1.80. The minimum absolute atomic E-state index is 0.0479. The Morgan fingerprint density at radius 3 is 1.78 bits per heavy atom. The quantitative estimate of drug-likeness (QED) is 0.518. The van der Waals surface area contributed by atoms with Gasteiger partial charge in [0.25, 0.3) is 0 Å². The van der Waals surface area contributed by atoms with E-state index in [0.717, 1.165) is 38.2 Å². The minimum atomic E-state index is -2.22. The van der Waals surface area contributed by atoms with Gasteiger partial charge in [0.1, 0.15) is 25.7 Å². The van der Waals surface area contributed by atoms with Crippen molar-refractivity contribution in [1.29, 1.82) is 0 Å². The van der Waals surface area contributed by atoms with Crippen molar-refractivity contribution in [2.24, 2.45) is 0 Å². The number of esters is 2. The normalized spacial score (nSPS) is 28.2. The van der Waals surface area contributed by atoms with Gasteiger partial charge in [-0.2, -0.15) is 0 Å². The zero-order chi connectivity index (χ0) is 16.1. The highest BCUT2D eigenvalue weighted by molar-refractivity contribution is 6.02. The van der Waals surface area contributed by atoms with Crippen molar-refractivity contribution < 1.29 is 38.0 Å². The van der Waals surface area contributed by atoms with E-state index in [2.05, 4.69) is 0 Å². The SMILES string of the molecule is O=C(OCC1CCCO1)C1(C(=O)OCC2CCCO2)OC=CO1. The largest absolute Gasteiger partial charge is 0.457 e. The van der Waals surface area contributed by atoms with Gasteiger partial charge in [-0.05, 0) is 25.7 Å². The molecule has 0 amide bonds. The lowest BCUT2D eigenvalue weighted by Gasteiger charge is -2.24. The van der Waals surface area contributed by atoms with Gasteiger partial charge in [-0.1, -0.05) is 0 Å². The van der Waals surface area contributed by atoms with Gasteiger partial charge in [-0.3, -0.25) is 0 Å². The Balaban J connectivity index is 1.54. The Bertz CT molecular complexity index is 420. The minimum Gasteiger partial charge on any atom is -0.457 e. The van der Waals surface area contributed by atoms with Crippen LogP contribution < -0.4 is 0 Å². The van der Waals surface area contributed by atoms with Gasteiger partial charge >= 0.3 is 17.7 Å². The summed E-state index contributed by atoms with van der Waals surface area (Å²) >= 11 is 0. The van der Waals surface area contributed by atoms with Gasteiger partial charge in [0, 0.05) is 13.2 Å². The topological polar surface area (TPSA) is 89.5 Å². The third-order valence-electron chi connectivity index (χ3n) is 3.91. The average molecular weight is 328 g/mol. The molecule has 2 unspecified atom stereocenters. The first kappa shape index (κ1) is 16.1. The summed E-state index contributed by atoms with van der Waals surface area (Å²) in [6.45, 7) is 1.38. The molecule has 0 radical (unpaired) electrons. The molecule has 8 heteroatoms. The van der Waals surface area contributed by atoms with Gasteiger partial charge in [-0.15, -0.1) is 0 Å². The third-order valence-corrected chi connectivity index (χ3v) is 3.91. The van der Waals surface area contributed by atoms with Gasteiger partial charge < -0.3 is 28.4 Å². The molecule has 128 valence electrons. The molecular formula is C15H20O8. The van der Waals surface area contributed by atoms with E-state index in [-0.39, 0.29) is 25.4 Å². The summed E-state index contributed by atoms with van der Waals surface area (Å²) in [6, 6.07) is 0. The summed E-state index contributed by atoms with van der Waals surface area (Å²) in [5, 5.41) is 0. The molecule has 2 fully saturated rings. The number of carbonyl (C=O) groups excluding carboxylic acids is 2. The van der Waals surface area contributed by atoms with Crippen molar-refractivity contribution in [2.45, 2.75) is 43.7 Å². The van der Waals surface area contributed by atoms with E-state index in [4.69, 9.17) is 28.4 Å². The fourth-order valence-corrected chi connectivity index (χ4v) is 2.63. The molecule has 0 spiro atoms. The Morgan fingerprint density at radius 1 is 0.913 bits per heavy atom. The molecule has 0 aromatic heterocycles. The van der Waals surface area contributed by atoms with Crippen LogP contribution in [0.3, 0.4) is 0 Å². The van der Waals surface area contributed by atoms with E-state index < -0.39 is 17.7 Å². The first-order chi connectivity index (χ1) is 11.2. The highest BCUT2D eigenvalue weighted by Crippen LogP contribution is 2.25. The average Bonchev–Trinajstić information content (AvgIpc) is 3.33. The summed E-state index contributed by atoms with van der Waals surface area (Å²) in [7, 11) is 0. The lowest BCUT2D eigenvalue weighted by atomic mass is 10.2. The molecule has 0 saturated carbocycles. The molecule has 8 nitrogen and oxygen atoms in total. The highest BCUT2D eigenvalue weighted by Gasteiger charge is 2.56. The number of hydrogen-bond acceptors (Lipinski definition) is 8. The predicted molar refractivity (Wildman–Crippen MR) is 73.9 cm³/mol. The molecular weight excluding hydrogens is 308 g/mol. The van der Waals surface area contributed by atoms with Crippen LogP contribution in [0.2, 0.25) is 0 Å². The van der Waals surface area contributed by atoms with E-state index in [1.807, 2.05) is 0 Å². The molecule has 3 rings (SSSR count). The zero-order valence-corrected chi connectivity index (χ0v) is 12.7. The monoisotopic (exact) mass is 328 g/mol. The van der Waals surface area contributed by atoms with E-state index in [0.29, 0.717) is 13.2 Å². The van der Waals surface area contributed by atoms with Gasteiger partial charge in [-0.25, -0.2) is 9.59 Å². The Kier molecular flexibility index (Phi) is 5.02. The van der Waals surface area contributed by atoms with E-state index in [1.54, 1.807) is 0 Å². The van der Waals surface area contributed by atoms with Crippen LogP contribution in [-0.4, -0.2) is 56.4 Å². The summed E-state index contributed by atoms with van der Waals surface area (Å²) in [4.78, 5) is 24.5. The zero-order valence-electron chi connectivity index (χ0n) is 12.7. The van der Waals surface area contributed by atoms with Crippen molar-refractivity contribution in [2.75, 3.05) is 26.4 Å². The van der Waals surface area contributed by atoms with E-state index in [1.165, 1.54) is 0 Å². The lowest BCUT2D eigenvalue weighted by Crippen LogP contribution is -2.50. The van der Waals surface area contributed by atoms with E-state index in [9.17, 15) is 9.59 Å². The van der Waals surface area contributed by atoms with Crippen LogP contribution in [0.1, 0.15) is 25.7 Å². The van der Waals surface area contributed by atoms with Crippen molar-refractivity contribution in [3.8, 4) is 0 Å². The van der Waals surface area contributed by atoms with E-state index >= 15 is 0 Å². The number of rotatable bonds is 6. The third kappa shape index (κ3) is 3.59. The van der Waals surface area contributed by atoms with Crippen LogP contribution in [-0.2, 0) is 38.0 Å². The lowest BCUT2D eigenvalue weighted by molar-refractivity contribution is -0.220. The van der Waals surface area contributed by atoms with Crippen molar-refractivity contribution in [3.63, 3.8) is 0 Å². The summed E-state index contributed by atoms with van der Waals surface area (Å²) < 4.78 is 31.1. The second kappa shape index (κ2) is 7.18. The van der Waals surface area contributed by atoms with Crippen LogP contribution in [0.25, 0.3) is 0 Å². The molecule has 23 heavy (non-hydrogen) atoms. The highest BCUT2D eigenvalue weighted by atomic mass is 16.8. The standard InChI is InChI=1S/C15H20O8/c16-13(20-9-11-3-1-5-18-11)15(22-7-8-23-15)14(17)21-10-12-4-2-6-19-12/h7-8,11-12H,1-6,9-10H2. The van der Waals surface area contributed by atoms with Crippen LogP contribution in [0.15, 0.2) is 12.5 Å². The number of hydrogen-bond donors (Lipinski definition) is 0. The van der Waals surface area contributed by atoms with Gasteiger partial charge in [0.2, 0.25) is 0 Å². The van der Waals surface area contributed by atoms with Crippen molar-refractivity contribution >= 4 is 11.9 Å². The Labute approximate surface area is 133 Å². The predicted octanol–water partition coefficient (Wildman–Crippen LogP) is 0.645. The first-order valence-electron chi connectivity index (χ1n) is 7.79. The van der Waals surface area contributed by atoms with Crippen molar-refractivity contribution in [1.82, 2.24) is 0 Å². The maximum Gasteiger partial charge on any atom is 0.452 e. The molecule has 3 aliphatic rings. The summed E-state index contributed by atoms with van der Waals surface area (Å²) in [6.07, 6.45) is 5.37. The molecule has 2 atom stereocenters. The van der Waals surface area contributed by atoms with Crippen LogP contribution >= 0.6 is 0 Å². The second-order valence-corrected chi connectivity index (χ2v) is 5.59. The molecule has 0 aromatic carbocycles. The van der Waals surface area contributed by atoms with Gasteiger partial charge in [0.05, 0.1) is 12.2 Å². The second-order valence-electron chi connectivity index (χ2n) is 5.59. The molecule has 2 saturated heterocycles. The van der Waals surface area contributed by atoms with Crippen LogP contribution in [0, 0.1) is 0 Å². The smallest absolute Gasteiger partial charge is 0.452 e. The fraction of sp³-hybridized carbons (Fsp3) is 0.733. The van der Waals surface area contributed by atoms with Crippen LogP contribution in [0.5, 0.6) is 0 Å². The van der Waals surface area contributed by atoms with Crippen molar-refractivity contribution in [3.05, 3.63) is 12.5 Å². The maximum atomic E-state index is 12.3. The first-order valence-corrected chi connectivity index (χ1v) is 7.79. The summed E-state index contributed by atoms with van der Waals surface area (Å²) in [5.74, 6) is -4.12. The molecule has 3 heterocycles. The fourth-order valence-electron chi connectivity index (χ4n) is 2.63. The Morgan fingerprint density at radius 2 is 1.39 bits per heavy atom.